The van der Waals surface area contributed by atoms with E-state index < -0.39 is 17.8 Å². The molecular weight excluding hydrogens is 515 g/mol. The lowest BCUT2D eigenvalue weighted by molar-refractivity contribution is -0.140. The van der Waals surface area contributed by atoms with Gasteiger partial charge in [0.2, 0.25) is 5.91 Å². The van der Waals surface area contributed by atoms with Gasteiger partial charge in [0, 0.05) is 63.5 Å². The van der Waals surface area contributed by atoms with Crippen molar-refractivity contribution >= 4 is 17.5 Å². The van der Waals surface area contributed by atoms with Gasteiger partial charge < -0.3 is 19.9 Å². The third kappa shape index (κ3) is 7.78. The number of carbonyl (C=O) groups is 2. The van der Waals surface area contributed by atoms with Crippen molar-refractivity contribution in [2.45, 2.75) is 19.5 Å². The summed E-state index contributed by atoms with van der Waals surface area (Å²) in [6.07, 6.45) is 1.08. The predicted octanol–water partition coefficient (Wildman–Crippen LogP) is 2.81. The van der Waals surface area contributed by atoms with Gasteiger partial charge in [-0.2, -0.15) is 13.2 Å². The molecule has 3 aromatic rings. The van der Waals surface area contributed by atoms with E-state index in [1.54, 1.807) is 19.1 Å². The number of benzene rings is 1. The molecular formula is C26H26F3N7O3. The number of rotatable bonds is 7. The highest BCUT2D eigenvalue weighted by Crippen LogP contribution is 2.33. The zero-order valence-corrected chi connectivity index (χ0v) is 21.1. The molecule has 2 aromatic heterocycles. The quantitative estimate of drug-likeness (QED) is 0.349. The van der Waals surface area contributed by atoms with E-state index in [0.29, 0.717) is 49.2 Å². The van der Waals surface area contributed by atoms with Crippen molar-refractivity contribution in [2.75, 3.05) is 44.6 Å². The zero-order chi connectivity index (χ0) is 27.8. The normalized spacial score (nSPS) is 13.9. The van der Waals surface area contributed by atoms with Gasteiger partial charge in [-0.1, -0.05) is 5.92 Å². The number of carbonyl (C=O) groups excluding carboxylic acids is 2. The fourth-order valence-corrected chi connectivity index (χ4v) is 3.92. The number of amides is 2. The average molecular weight is 542 g/mol. The van der Waals surface area contributed by atoms with Crippen LogP contribution >= 0.6 is 0 Å². The van der Waals surface area contributed by atoms with E-state index in [-0.39, 0.29) is 17.4 Å². The Balaban J connectivity index is 1.44. The Bertz CT molecular complexity index is 1360. The maximum atomic E-state index is 13.0. The van der Waals surface area contributed by atoms with E-state index in [1.807, 2.05) is 4.90 Å². The lowest BCUT2D eigenvalue weighted by Crippen LogP contribution is -2.48. The van der Waals surface area contributed by atoms with Crippen LogP contribution in [0.25, 0.3) is 11.4 Å². The summed E-state index contributed by atoms with van der Waals surface area (Å²) >= 11 is 0. The molecule has 0 bridgehead atoms. The zero-order valence-electron chi connectivity index (χ0n) is 21.1. The highest BCUT2D eigenvalue weighted by atomic mass is 19.4. The Kier molecular flexibility index (Phi) is 8.77. The molecule has 13 heteroatoms. The minimum absolute atomic E-state index is 0.0124. The van der Waals surface area contributed by atoms with Crippen LogP contribution in [0.2, 0.25) is 0 Å². The van der Waals surface area contributed by atoms with Crippen molar-refractivity contribution in [1.82, 2.24) is 29.7 Å². The van der Waals surface area contributed by atoms with Crippen molar-refractivity contribution in [2.24, 2.45) is 0 Å². The second kappa shape index (κ2) is 12.4. The summed E-state index contributed by atoms with van der Waals surface area (Å²) in [6.45, 7) is 5.60. The number of H-pyrrole nitrogens is 1. The smallest absolute Gasteiger partial charge is 0.432 e. The first kappa shape index (κ1) is 27.6. The number of aromatic amines is 1. The van der Waals surface area contributed by atoms with Gasteiger partial charge in [-0.05, 0) is 24.6 Å². The average Bonchev–Trinajstić information content (AvgIpc) is 3.43. The molecule has 0 aliphatic carbocycles. The summed E-state index contributed by atoms with van der Waals surface area (Å²) in [4.78, 5) is 41.8. The van der Waals surface area contributed by atoms with E-state index in [0.717, 1.165) is 19.6 Å². The number of aromatic nitrogens is 4. The minimum Gasteiger partial charge on any atom is -0.491 e. The third-order valence-corrected chi connectivity index (χ3v) is 5.96. The molecule has 39 heavy (non-hydrogen) atoms. The number of halogens is 3. The first-order chi connectivity index (χ1) is 18.7. The second-order valence-electron chi connectivity index (χ2n) is 8.74. The highest BCUT2D eigenvalue weighted by molar-refractivity contribution is 6.05. The summed E-state index contributed by atoms with van der Waals surface area (Å²) in [5, 5.41) is 2.64. The van der Waals surface area contributed by atoms with Crippen molar-refractivity contribution in [3.05, 3.63) is 54.4 Å². The standard InChI is InChI=1S/C26H26F3N7O3/c1-18(37)36-10-8-35(9-11-36)7-2-12-39-22-5-4-20(25-32-16-23(34-25)26(27,28)29)13-21(22)33-24(38)6-3-19-14-30-17-31-15-19/h4-5,13-17H,2,7-12H2,1H3,(H,32,34)(H,33,38). The largest absolute Gasteiger partial charge is 0.491 e. The van der Waals surface area contributed by atoms with Gasteiger partial charge in [0.05, 0.1) is 24.1 Å². The van der Waals surface area contributed by atoms with Crippen LogP contribution in [-0.2, 0) is 15.8 Å². The van der Waals surface area contributed by atoms with Crippen LogP contribution in [0.4, 0.5) is 18.9 Å². The Labute approximate surface area is 222 Å². The summed E-state index contributed by atoms with van der Waals surface area (Å²) in [7, 11) is 0. The molecule has 1 aliphatic heterocycles. The van der Waals surface area contributed by atoms with E-state index >= 15 is 0 Å². The van der Waals surface area contributed by atoms with Gasteiger partial charge in [0.25, 0.3) is 0 Å². The van der Waals surface area contributed by atoms with Crippen LogP contribution in [-0.4, -0.2) is 80.9 Å². The number of nitrogens with zero attached hydrogens (tertiary/aromatic N) is 5. The first-order valence-electron chi connectivity index (χ1n) is 12.1. The SMILES string of the molecule is CC(=O)N1CCN(CCCOc2ccc(-c3ncc(C(F)(F)F)[nH]3)cc2NC(=O)C#Cc2cncnc2)CC1. The number of piperazine rings is 1. The topological polar surface area (TPSA) is 116 Å². The van der Waals surface area contributed by atoms with E-state index in [1.165, 1.54) is 24.8 Å². The van der Waals surface area contributed by atoms with Crippen molar-refractivity contribution in [3.8, 4) is 29.0 Å². The number of anilines is 1. The molecule has 3 heterocycles. The molecule has 1 saturated heterocycles. The van der Waals surface area contributed by atoms with Crippen LogP contribution in [0.3, 0.4) is 0 Å². The molecule has 10 nitrogen and oxygen atoms in total. The van der Waals surface area contributed by atoms with Crippen LogP contribution in [0.1, 0.15) is 24.6 Å². The fraction of sp³-hybridized carbons (Fsp3) is 0.346. The van der Waals surface area contributed by atoms with Gasteiger partial charge >= 0.3 is 12.1 Å². The molecule has 1 fully saturated rings. The second-order valence-corrected chi connectivity index (χ2v) is 8.74. The predicted molar refractivity (Wildman–Crippen MR) is 135 cm³/mol. The first-order valence-corrected chi connectivity index (χ1v) is 12.1. The summed E-state index contributed by atoms with van der Waals surface area (Å²) in [5.74, 6) is 4.82. The number of imidazole rings is 1. The third-order valence-electron chi connectivity index (χ3n) is 5.96. The Morgan fingerprint density at radius 3 is 2.54 bits per heavy atom. The summed E-state index contributed by atoms with van der Waals surface area (Å²) < 4.78 is 45.0. The molecule has 0 saturated carbocycles. The van der Waals surface area contributed by atoms with Crippen LogP contribution < -0.4 is 10.1 Å². The minimum atomic E-state index is -4.57. The van der Waals surface area contributed by atoms with Gasteiger partial charge in [0.15, 0.2) is 0 Å². The van der Waals surface area contributed by atoms with Gasteiger partial charge in [-0.3, -0.25) is 14.5 Å². The highest BCUT2D eigenvalue weighted by Gasteiger charge is 2.33. The lowest BCUT2D eigenvalue weighted by atomic mass is 10.1. The fourth-order valence-electron chi connectivity index (χ4n) is 3.92. The molecule has 1 aromatic carbocycles. The molecule has 1 aliphatic rings. The van der Waals surface area contributed by atoms with Gasteiger partial charge in [0.1, 0.15) is 23.6 Å². The van der Waals surface area contributed by atoms with Crippen molar-refractivity contribution in [3.63, 3.8) is 0 Å². The van der Waals surface area contributed by atoms with Crippen molar-refractivity contribution < 1.29 is 27.5 Å². The Morgan fingerprint density at radius 1 is 1.13 bits per heavy atom. The van der Waals surface area contributed by atoms with E-state index in [4.69, 9.17) is 4.74 Å². The molecule has 0 radical (unpaired) electrons. The molecule has 204 valence electrons. The van der Waals surface area contributed by atoms with Gasteiger partial charge in [-0.15, -0.1) is 0 Å². The van der Waals surface area contributed by atoms with Crippen molar-refractivity contribution in [1.29, 1.82) is 0 Å². The molecule has 0 atom stereocenters. The van der Waals surface area contributed by atoms with Crippen LogP contribution in [0.5, 0.6) is 5.75 Å². The number of alkyl halides is 3. The van der Waals surface area contributed by atoms with Gasteiger partial charge in [-0.25, -0.2) is 15.0 Å². The molecule has 2 amide bonds. The molecule has 0 unspecified atom stereocenters. The Morgan fingerprint density at radius 2 is 1.87 bits per heavy atom. The summed E-state index contributed by atoms with van der Waals surface area (Å²) in [5.41, 5.74) is 0.0119. The van der Waals surface area contributed by atoms with E-state index in [9.17, 15) is 22.8 Å². The lowest BCUT2D eigenvalue weighted by Gasteiger charge is -2.34. The number of hydrogen-bond acceptors (Lipinski definition) is 7. The van der Waals surface area contributed by atoms with E-state index in [2.05, 4.69) is 42.0 Å². The number of nitrogens with one attached hydrogen (secondary N) is 2. The number of hydrogen-bond donors (Lipinski definition) is 2. The number of ether oxygens (including phenoxy) is 1. The molecule has 2 N–H and O–H groups in total. The maximum absolute atomic E-state index is 13.0. The summed E-state index contributed by atoms with van der Waals surface area (Å²) in [6, 6.07) is 4.59. The monoisotopic (exact) mass is 541 g/mol. The molecule has 4 rings (SSSR count). The Hall–Kier alpha value is -4.44. The maximum Gasteiger partial charge on any atom is 0.432 e. The molecule has 0 spiro atoms. The van der Waals surface area contributed by atoms with Crippen LogP contribution in [0.15, 0.2) is 43.1 Å². The van der Waals surface area contributed by atoms with Crippen LogP contribution in [0, 0.1) is 11.8 Å².